The number of rotatable bonds is 7. The third kappa shape index (κ3) is 5.34. The number of esters is 1. The molecule has 1 aliphatic heterocycles. The highest BCUT2D eigenvalue weighted by molar-refractivity contribution is 7.90. The number of hydrogen-bond donors (Lipinski definition) is 2. The van der Waals surface area contributed by atoms with Crippen LogP contribution in [0.25, 0.3) is 0 Å². The lowest BCUT2D eigenvalue weighted by Crippen LogP contribution is -2.30. The van der Waals surface area contributed by atoms with E-state index in [2.05, 4.69) is 15.0 Å². The summed E-state index contributed by atoms with van der Waals surface area (Å²) in [6.45, 7) is 2.87. The molecule has 1 atom stereocenters. The standard InChI is InChI=1S/C21H21N3O6S/c1-13(25)15-7-9-16(10-8-15)23-21(27)14(2)30-19(26)11-12-22-20-17-5-3-4-6-18(17)31(28,29)24-20/h3-10,14H,11-12H2,1-2H3,(H,22,24)(H,23,27)/t14-/m1/s1. The van der Waals surface area contributed by atoms with Gasteiger partial charge in [0.25, 0.3) is 15.9 Å². The number of aliphatic imine (C=N–C) groups is 1. The van der Waals surface area contributed by atoms with Crippen molar-refractivity contribution in [2.45, 2.75) is 31.3 Å². The molecule has 3 rings (SSSR count). The maximum atomic E-state index is 12.2. The normalized spacial score (nSPS) is 16.1. The molecule has 0 spiro atoms. The molecular weight excluding hydrogens is 422 g/mol. The van der Waals surface area contributed by atoms with E-state index in [4.69, 9.17) is 4.74 Å². The van der Waals surface area contributed by atoms with Crippen LogP contribution in [0.2, 0.25) is 0 Å². The van der Waals surface area contributed by atoms with Crippen LogP contribution in [-0.2, 0) is 24.3 Å². The summed E-state index contributed by atoms with van der Waals surface area (Å²) in [6.07, 6.45) is -1.17. The van der Waals surface area contributed by atoms with Gasteiger partial charge in [-0.2, -0.15) is 0 Å². The van der Waals surface area contributed by atoms with Gasteiger partial charge in [-0.05, 0) is 50.2 Å². The highest BCUT2D eigenvalue weighted by atomic mass is 32.2. The average molecular weight is 443 g/mol. The fraction of sp³-hybridized carbons (Fsp3) is 0.238. The maximum Gasteiger partial charge on any atom is 0.308 e. The molecule has 0 saturated heterocycles. The Morgan fingerprint density at radius 1 is 1.10 bits per heavy atom. The molecule has 0 aromatic heterocycles. The number of benzene rings is 2. The van der Waals surface area contributed by atoms with Gasteiger partial charge in [-0.15, -0.1) is 0 Å². The van der Waals surface area contributed by atoms with Crippen molar-refractivity contribution in [3.63, 3.8) is 0 Å². The number of sulfonamides is 1. The summed E-state index contributed by atoms with van der Waals surface area (Å²) in [5.41, 5.74) is 1.43. The minimum Gasteiger partial charge on any atom is -0.452 e. The van der Waals surface area contributed by atoms with Gasteiger partial charge in [-0.1, -0.05) is 12.1 Å². The molecule has 1 heterocycles. The second-order valence-corrected chi connectivity index (χ2v) is 8.49. The van der Waals surface area contributed by atoms with Crippen molar-refractivity contribution in [3.05, 3.63) is 59.7 Å². The SMILES string of the molecule is CC(=O)c1ccc(NC(=O)[C@@H](C)OC(=O)CCN=C2NS(=O)(=O)c3ccccc32)cc1. The molecular formula is C21H21N3O6S. The summed E-state index contributed by atoms with van der Waals surface area (Å²) in [6, 6.07) is 12.7. The van der Waals surface area contributed by atoms with Crippen molar-refractivity contribution in [1.29, 1.82) is 0 Å². The largest absolute Gasteiger partial charge is 0.452 e. The Hall–Kier alpha value is -3.53. The van der Waals surface area contributed by atoms with E-state index in [1.807, 2.05) is 0 Å². The number of carbonyl (C=O) groups excluding carboxylic acids is 3. The number of nitrogens with zero attached hydrogens (tertiary/aromatic N) is 1. The van der Waals surface area contributed by atoms with Crippen LogP contribution in [0.4, 0.5) is 5.69 Å². The first kappa shape index (κ1) is 22.2. The minimum absolute atomic E-state index is 0.00807. The van der Waals surface area contributed by atoms with Crippen molar-refractivity contribution in [2.75, 3.05) is 11.9 Å². The highest BCUT2D eigenvalue weighted by Crippen LogP contribution is 2.22. The number of ether oxygens (including phenoxy) is 1. The zero-order valence-electron chi connectivity index (χ0n) is 16.9. The second-order valence-electron chi connectivity index (χ2n) is 6.84. The Morgan fingerprint density at radius 2 is 1.77 bits per heavy atom. The van der Waals surface area contributed by atoms with Crippen molar-refractivity contribution >= 4 is 39.2 Å². The summed E-state index contributed by atoms with van der Waals surface area (Å²) in [5.74, 6) is -1.08. The van der Waals surface area contributed by atoms with Gasteiger partial charge in [0.1, 0.15) is 5.84 Å². The van der Waals surface area contributed by atoms with E-state index in [1.54, 1.807) is 42.5 Å². The van der Waals surface area contributed by atoms with Gasteiger partial charge < -0.3 is 10.1 Å². The van der Waals surface area contributed by atoms with Crippen LogP contribution < -0.4 is 10.0 Å². The Kier molecular flexibility index (Phi) is 6.50. The first-order valence-corrected chi connectivity index (χ1v) is 10.9. The molecule has 2 aromatic carbocycles. The van der Waals surface area contributed by atoms with Gasteiger partial charge >= 0.3 is 5.97 Å². The highest BCUT2D eigenvalue weighted by Gasteiger charge is 2.30. The predicted octanol–water partition coefficient (Wildman–Crippen LogP) is 1.89. The molecule has 1 aliphatic rings. The predicted molar refractivity (Wildman–Crippen MR) is 113 cm³/mol. The molecule has 2 aromatic rings. The molecule has 10 heteroatoms. The van der Waals surface area contributed by atoms with E-state index in [1.165, 1.54) is 19.9 Å². The fourth-order valence-electron chi connectivity index (χ4n) is 2.85. The number of anilines is 1. The summed E-state index contributed by atoms with van der Waals surface area (Å²) in [5, 5.41) is 2.60. The third-order valence-corrected chi connectivity index (χ3v) is 5.88. The Bertz CT molecular complexity index is 1160. The summed E-state index contributed by atoms with van der Waals surface area (Å²) in [7, 11) is -3.64. The van der Waals surface area contributed by atoms with Crippen LogP contribution in [0.3, 0.4) is 0 Å². The molecule has 162 valence electrons. The summed E-state index contributed by atoms with van der Waals surface area (Å²) in [4.78, 5) is 39.8. The van der Waals surface area contributed by atoms with Crippen molar-refractivity contribution in [2.24, 2.45) is 4.99 Å². The van der Waals surface area contributed by atoms with Crippen LogP contribution >= 0.6 is 0 Å². The number of fused-ring (bicyclic) bond motifs is 1. The summed E-state index contributed by atoms with van der Waals surface area (Å²) >= 11 is 0. The van der Waals surface area contributed by atoms with Crippen molar-refractivity contribution in [3.8, 4) is 0 Å². The molecule has 0 saturated carbocycles. The number of ketones is 1. The third-order valence-electron chi connectivity index (χ3n) is 4.48. The quantitative estimate of drug-likeness (QED) is 0.496. The van der Waals surface area contributed by atoms with Crippen LogP contribution in [0.5, 0.6) is 0 Å². The van der Waals surface area contributed by atoms with E-state index in [0.717, 1.165) is 0 Å². The van der Waals surface area contributed by atoms with Crippen molar-refractivity contribution in [1.82, 2.24) is 4.72 Å². The Balaban J connectivity index is 1.51. The van der Waals surface area contributed by atoms with Gasteiger partial charge in [0.2, 0.25) is 0 Å². The van der Waals surface area contributed by atoms with Gasteiger partial charge in [0.15, 0.2) is 11.9 Å². The van der Waals surface area contributed by atoms with Gasteiger partial charge in [-0.25, -0.2) is 8.42 Å². The number of amidine groups is 1. The molecule has 1 amide bonds. The Morgan fingerprint density at radius 3 is 2.45 bits per heavy atom. The zero-order chi connectivity index (χ0) is 22.6. The van der Waals surface area contributed by atoms with Gasteiger partial charge in [0, 0.05) is 16.8 Å². The van der Waals surface area contributed by atoms with E-state index in [-0.39, 0.29) is 29.5 Å². The fourth-order valence-corrected chi connectivity index (χ4v) is 4.10. The molecule has 2 N–H and O–H groups in total. The maximum absolute atomic E-state index is 12.2. The van der Waals surface area contributed by atoms with E-state index >= 15 is 0 Å². The van der Waals surface area contributed by atoms with Crippen LogP contribution in [0.15, 0.2) is 58.4 Å². The smallest absolute Gasteiger partial charge is 0.308 e. The first-order valence-electron chi connectivity index (χ1n) is 9.45. The van der Waals surface area contributed by atoms with Crippen LogP contribution in [0.1, 0.15) is 36.2 Å². The van der Waals surface area contributed by atoms with Gasteiger partial charge in [-0.3, -0.25) is 24.1 Å². The van der Waals surface area contributed by atoms with E-state index < -0.39 is 28.0 Å². The first-order chi connectivity index (χ1) is 14.7. The topological polar surface area (TPSA) is 131 Å². The monoisotopic (exact) mass is 443 g/mol. The molecule has 0 fully saturated rings. The lowest BCUT2D eigenvalue weighted by atomic mass is 10.1. The summed E-state index contributed by atoms with van der Waals surface area (Å²) < 4.78 is 31.5. The number of carbonyl (C=O) groups is 3. The lowest BCUT2D eigenvalue weighted by Gasteiger charge is -2.13. The molecule has 0 unspecified atom stereocenters. The number of nitrogens with one attached hydrogen (secondary N) is 2. The molecule has 9 nitrogen and oxygen atoms in total. The van der Waals surface area contributed by atoms with E-state index in [0.29, 0.717) is 16.8 Å². The number of hydrogen-bond acceptors (Lipinski definition) is 7. The lowest BCUT2D eigenvalue weighted by molar-refractivity contribution is -0.152. The van der Waals surface area contributed by atoms with Gasteiger partial charge in [0.05, 0.1) is 17.9 Å². The van der Waals surface area contributed by atoms with Crippen molar-refractivity contribution < 1.29 is 27.5 Å². The second kappa shape index (κ2) is 9.09. The number of amides is 1. The molecule has 0 radical (unpaired) electrons. The molecule has 0 aliphatic carbocycles. The van der Waals surface area contributed by atoms with Crippen LogP contribution in [0, 0.1) is 0 Å². The minimum atomic E-state index is -3.64. The number of Topliss-reactive ketones (excluding diaryl/α,β-unsaturated/α-hetero) is 1. The molecule has 31 heavy (non-hydrogen) atoms. The zero-order valence-corrected chi connectivity index (χ0v) is 17.7. The molecule has 0 bridgehead atoms. The van der Waals surface area contributed by atoms with E-state index in [9.17, 15) is 22.8 Å². The Labute approximate surface area is 179 Å². The van der Waals surface area contributed by atoms with Crippen LogP contribution in [-0.4, -0.2) is 44.6 Å². The average Bonchev–Trinajstić information content (AvgIpc) is 2.99.